The molecular weight excluding hydrogens is 322 g/mol. The highest BCUT2D eigenvalue weighted by Crippen LogP contribution is 2.30. The van der Waals surface area contributed by atoms with Gasteiger partial charge in [0.15, 0.2) is 0 Å². The third-order valence-electron chi connectivity index (χ3n) is 4.09. The first-order chi connectivity index (χ1) is 12.1. The Labute approximate surface area is 145 Å². The first-order valence-electron chi connectivity index (χ1n) is 8.16. The van der Waals surface area contributed by atoms with Crippen LogP contribution in [0.4, 0.5) is 16.2 Å². The van der Waals surface area contributed by atoms with E-state index in [1.807, 2.05) is 6.07 Å². The van der Waals surface area contributed by atoms with Gasteiger partial charge in [0.2, 0.25) is 0 Å². The van der Waals surface area contributed by atoms with Crippen LogP contribution in [0.15, 0.2) is 48.5 Å². The Balaban J connectivity index is 1.54. The summed E-state index contributed by atoms with van der Waals surface area (Å²) in [5.41, 5.74) is 2.09. The number of rotatable bonds is 5. The number of nitrogens with one attached hydrogen (secondary N) is 1. The number of benzene rings is 2. The van der Waals surface area contributed by atoms with Gasteiger partial charge in [-0.25, -0.2) is 4.79 Å². The maximum Gasteiger partial charge on any atom is 0.412 e. The molecule has 2 aromatic rings. The molecule has 0 aromatic heterocycles. The van der Waals surface area contributed by atoms with Gasteiger partial charge in [-0.15, -0.1) is 0 Å². The first-order valence-corrected chi connectivity index (χ1v) is 8.16. The molecule has 25 heavy (non-hydrogen) atoms. The number of carbonyl (C=O) groups excluding carboxylic acids is 1. The Morgan fingerprint density at radius 1 is 1.24 bits per heavy atom. The molecule has 1 N–H and O–H groups in total. The highest BCUT2D eigenvalue weighted by molar-refractivity contribution is 5.70. The van der Waals surface area contributed by atoms with E-state index in [1.54, 1.807) is 36.4 Å². The van der Waals surface area contributed by atoms with Crippen molar-refractivity contribution in [1.82, 2.24) is 5.32 Å². The molecule has 0 aliphatic carbocycles. The maximum atomic E-state index is 11.8. The van der Waals surface area contributed by atoms with Gasteiger partial charge < -0.3 is 15.0 Å². The first kappa shape index (κ1) is 16.8. The van der Waals surface area contributed by atoms with E-state index in [0.717, 1.165) is 30.6 Å². The summed E-state index contributed by atoms with van der Waals surface area (Å²) in [6.45, 7) is 1.91. The Bertz CT molecular complexity index is 764. The normalized spacial score (nSPS) is 13.0. The minimum Gasteiger partial charge on any atom is -0.410 e. The molecule has 2 aromatic carbocycles. The highest BCUT2D eigenvalue weighted by atomic mass is 16.6. The summed E-state index contributed by atoms with van der Waals surface area (Å²) in [4.78, 5) is 24.4. The van der Waals surface area contributed by atoms with E-state index >= 15 is 0 Å². The number of aryl methyl sites for hydroxylation is 1. The van der Waals surface area contributed by atoms with E-state index in [2.05, 4.69) is 10.2 Å². The molecule has 7 nitrogen and oxygen atoms in total. The van der Waals surface area contributed by atoms with Crippen LogP contribution < -0.4 is 15.0 Å². The van der Waals surface area contributed by atoms with Gasteiger partial charge in [0.25, 0.3) is 5.69 Å². The van der Waals surface area contributed by atoms with Gasteiger partial charge in [0, 0.05) is 37.5 Å². The molecule has 1 aliphatic rings. The van der Waals surface area contributed by atoms with E-state index < -0.39 is 6.09 Å². The second-order valence-electron chi connectivity index (χ2n) is 5.79. The molecule has 3 rings (SSSR count). The maximum absolute atomic E-state index is 11.8. The number of carbonyl (C=O) groups is 1. The number of non-ortho nitro benzene ring substituents is 1. The molecule has 1 aliphatic heterocycles. The lowest BCUT2D eigenvalue weighted by Gasteiger charge is -2.31. The van der Waals surface area contributed by atoms with E-state index in [0.29, 0.717) is 18.8 Å². The molecular formula is C18H19N3O4. The lowest BCUT2D eigenvalue weighted by molar-refractivity contribution is -0.384. The van der Waals surface area contributed by atoms with Gasteiger partial charge in [0.1, 0.15) is 5.75 Å². The highest BCUT2D eigenvalue weighted by Gasteiger charge is 2.19. The average molecular weight is 341 g/mol. The van der Waals surface area contributed by atoms with Gasteiger partial charge in [-0.1, -0.05) is 18.2 Å². The SMILES string of the molecule is O=C(NCCN1CCCc2cc([N+](=O)[O-])ccc21)Oc1ccccc1. The largest absolute Gasteiger partial charge is 0.412 e. The molecule has 130 valence electrons. The minimum atomic E-state index is -0.493. The second kappa shape index (κ2) is 7.65. The van der Waals surface area contributed by atoms with Crippen LogP contribution in [0.5, 0.6) is 5.75 Å². The van der Waals surface area contributed by atoms with Crippen molar-refractivity contribution < 1.29 is 14.5 Å². The summed E-state index contributed by atoms with van der Waals surface area (Å²) in [5, 5.41) is 13.6. The molecule has 0 spiro atoms. The molecule has 1 heterocycles. The standard InChI is InChI=1S/C18H19N3O4/c22-18(25-16-6-2-1-3-7-16)19-10-12-20-11-4-5-14-13-15(21(23)24)8-9-17(14)20/h1-3,6-9,13H,4-5,10-12H2,(H,19,22). The predicted molar refractivity (Wildman–Crippen MR) is 94.1 cm³/mol. The molecule has 1 amide bonds. The zero-order chi connectivity index (χ0) is 17.6. The fourth-order valence-electron chi connectivity index (χ4n) is 2.93. The van der Waals surface area contributed by atoms with E-state index in [-0.39, 0.29) is 10.6 Å². The Morgan fingerprint density at radius 3 is 2.80 bits per heavy atom. The lowest BCUT2D eigenvalue weighted by atomic mass is 10.0. The number of anilines is 1. The average Bonchev–Trinajstić information content (AvgIpc) is 2.62. The van der Waals surface area contributed by atoms with E-state index in [4.69, 9.17) is 4.74 Å². The van der Waals surface area contributed by atoms with Crippen molar-refractivity contribution in [2.45, 2.75) is 12.8 Å². The van der Waals surface area contributed by atoms with Gasteiger partial charge in [-0.05, 0) is 36.6 Å². The summed E-state index contributed by atoms with van der Waals surface area (Å²) in [6, 6.07) is 13.8. The number of para-hydroxylation sites is 1. The van der Waals surface area contributed by atoms with Gasteiger partial charge >= 0.3 is 6.09 Å². The van der Waals surface area contributed by atoms with Gasteiger partial charge in [-0.2, -0.15) is 0 Å². The Hall–Kier alpha value is -3.09. The zero-order valence-electron chi connectivity index (χ0n) is 13.7. The lowest BCUT2D eigenvalue weighted by Crippen LogP contribution is -2.38. The van der Waals surface area contributed by atoms with Crippen LogP contribution in [0.2, 0.25) is 0 Å². The van der Waals surface area contributed by atoms with E-state index in [1.165, 1.54) is 6.07 Å². The third kappa shape index (κ3) is 4.26. The molecule has 0 saturated carbocycles. The molecule has 0 radical (unpaired) electrons. The predicted octanol–water partition coefficient (Wildman–Crippen LogP) is 3.14. The van der Waals surface area contributed by atoms with Gasteiger partial charge in [-0.3, -0.25) is 10.1 Å². The number of amides is 1. The number of hydrogen-bond acceptors (Lipinski definition) is 5. The summed E-state index contributed by atoms with van der Waals surface area (Å²) < 4.78 is 5.17. The second-order valence-corrected chi connectivity index (χ2v) is 5.79. The zero-order valence-corrected chi connectivity index (χ0v) is 13.7. The summed E-state index contributed by atoms with van der Waals surface area (Å²) in [6.07, 6.45) is 1.27. The molecule has 0 fully saturated rings. The summed E-state index contributed by atoms with van der Waals surface area (Å²) in [5.74, 6) is 0.496. The van der Waals surface area contributed by atoms with Gasteiger partial charge in [0.05, 0.1) is 4.92 Å². The fourth-order valence-corrected chi connectivity index (χ4v) is 2.93. The van der Waals surface area contributed by atoms with Crippen molar-refractivity contribution in [3.05, 3.63) is 64.2 Å². The fraction of sp³-hybridized carbons (Fsp3) is 0.278. The number of nitro benzene ring substituents is 1. The van der Waals surface area contributed by atoms with Crippen molar-refractivity contribution in [1.29, 1.82) is 0 Å². The Morgan fingerprint density at radius 2 is 2.04 bits per heavy atom. The summed E-state index contributed by atoms with van der Waals surface area (Å²) in [7, 11) is 0. The molecule has 0 unspecified atom stereocenters. The quantitative estimate of drug-likeness (QED) is 0.667. The molecule has 0 saturated heterocycles. The van der Waals surface area contributed by atoms with Crippen molar-refractivity contribution in [2.24, 2.45) is 0 Å². The van der Waals surface area contributed by atoms with Crippen LogP contribution >= 0.6 is 0 Å². The number of nitro groups is 1. The van der Waals surface area contributed by atoms with Crippen LogP contribution in [-0.4, -0.2) is 30.7 Å². The monoisotopic (exact) mass is 341 g/mol. The Kier molecular flexibility index (Phi) is 5.13. The minimum absolute atomic E-state index is 0.116. The van der Waals surface area contributed by atoms with Crippen LogP contribution in [0.1, 0.15) is 12.0 Å². The van der Waals surface area contributed by atoms with Crippen molar-refractivity contribution >= 4 is 17.5 Å². The number of fused-ring (bicyclic) bond motifs is 1. The van der Waals surface area contributed by atoms with Crippen LogP contribution in [0.25, 0.3) is 0 Å². The third-order valence-corrected chi connectivity index (χ3v) is 4.09. The smallest absolute Gasteiger partial charge is 0.410 e. The molecule has 0 atom stereocenters. The van der Waals surface area contributed by atoms with Crippen molar-refractivity contribution in [3.8, 4) is 5.75 Å². The number of hydrogen-bond donors (Lipinski definition) is 1. The van der Waals surface area contributed by atoms with E-state index in [9.17, 15) is 14.9 Å². The van der Waals surface area contributed by atoms with Crippen LogP contribution in [0, 0.1) is 10.1 Å². The number of ether oxygens (including phenoxy) is 1. The number of nitrogens with zero attached hydrogens (tertiary/aromatic N) is 2. The van der Waals surface area contributed by atoms with Crippen molar-refractivity contribution in [2.75, 3.05) is 24.5 Å². The van der Waals surface area contributed by atoms with Crippen LogP contribution in [-0.2, 0) is 6.42 Å². The molecule has 0 bridgehead atoms. The summed E-state index contributed by atoms with van der Waals surface area (Å²) >= 11 is 0. The molecule has 7 heteroatoms. The van der Waals surface area contributed by atoms with Crippen molar-refractivity contribution in [3.63, 3.8) is 0 Å². The van der Waals surface area contributed by atoms with Crippen LogP contribution in [0.3, 0.4) is 0 Å². The topological polar surface area (TPSA) is 84.7 Å².